The van der Waals surface area contributed by atoms with Crippen LogP contribution in [0.15, 0.2) is 0 Å². The van der Waals surface area contributed by atoms with Crippen LogP contribution < -0.4 is 5.73 Å². The van der Waals surface area contributed by atoms with Gasteiger partial charge in [0.1, 0.15) is 0 Å². The molecule has 0 aromatic rings. The molecule has 122 valence electrons. The van der Waals surface area contributed by atoms with Crippen molar-refractivity contribution in [3.05, 3.63) is 0 Å². The minimum absolute atomic E-state index is 0.328. The fourth-order valence-corrected chi connectivity index (χ4v) is 5.08. The van der Waals surface area contributed by atoms with Gasteiger partial charge in [0, 0.05) is 37.8 Å². The summed E-state index contributed by atoms with van der Waals surface area (Å²) in [4.78, 5) is 5.54. The lowest BCUT2D eigenvalue weighted by atomic mass is 9.71. The van der Waals surface area contributed by atoms with E-state index in [0.29, 0.717) is 5.54 Å². The Balaban J connectivity index is 1.64. The van der Waals surface area contributed by atoms with Gasteiger partial charge in [-0.05, 0) is 56.9 Å². The molecule has 2 saturated heterocycles. The largest absolute Gasteiger partial charge is 0.329 e. The number of fused-ring (bicyclic) bond motifs is 1. The van der Waals surface area contributed by atoms with E-state index >= 15 is 0 Å². The molecule has 2 N–H and O–H groups in total. The number of hydrogen-bond donors (Lipinski definition) is 1. The summed E-state index contributed by atoms with van der Waals surface area (Å²) in [6.07, 6.45) is 9.69. The van der Waals surface area contributed by atoms with Crippen molar-refractivity contribution in [2.45, 2.75) is 70.4 Å². The van der Waals surface area contributed by atoms with Gasteiger partial charge in [-0.2, -0.15) is 0 Å². The first-order valence-electron chi connectivity index (χ1n) is 9.34. The van der Waals surface area contributed by atoms with Crippen LogP contribution in [-0.4, -0.2) is 54.1 Å². The molecule has 21 heavy (non-hydrogen) atoms. The van der Waals surface area contributed by atoms with Gasteiger partial charge in [-0.3, -0.25) is 9.80 Å². The Morgan fingerprint density at radius 1 is 1.05 bits per heavy atom. The van der Waals surface area contributed by atoms with Crippen LogP contribution >= 0.6 is 0 Å². The van der Waals surface area contributed by atoms with Crippen LogP contribution in [0.25, 0.3) is 0 Å². The van der Waals surface area contributed by atoms with Crippen LogP contribution in [0.3, 0.4) is 0 Å². The van der Waals surface area contributed by atoms with Crippen LogP contribution in [0.1, 0.15) is 58.8 Å². The van der Waals surface area contributed by atoms with E-state index in [1.54, 1.807) is 0 Å². The highest BCUT2D eigenvalue weighted by molar-refractivity contribution is 5.00. The maximum Gasteiger partial charge on any atom is 0.0333 e. The van der Waals surface area contributed by atoms with Gasteiger partial charge in [0.15, 0.2) is 0 Å². The number of piperazine rings is 1. The summed E-state index contributed by atoms with van der Waals surface area (Å²) in [5.74, 6) is 1.77. The van der Waals surface area contributed by atoms with Gasteiger partial charge in [-0.1, -0.05) is 20.3 Å². The van der Waals surface area contributed by atoms with Crippen molar-refractivity contribution in [3.63, 3.8) is 0 Å². The van der Waals surface area contributed by atoms with E-state index in [4.69, 9.17) is 5.73 Å². The molecule has 0 amide bonds. The molecule has 1 aliphatic carbocycles. The summed E-state index contributed by atoms with van der Waals surface area (Å²) in [5.41, 5.74) is 6.63. The Morgan fingerprint density at radius 2 is 1.81 bits per heavy atom. The van der Waals surface area contributed by atoms with E-state index in [0.717, 1.165) is 24.4 Å². The predicted octanol–water partition coefficient (Wildman–Crippen LogP) is 2.70. The summed E-state index contributed by atoms with van der Waals surface area (Å²) in [6, 6.07) is 0.818. The molecule has 3 heteroatoms. The Kier molecular flexibility index (Phi) is 4.92. The van der Waals surface area contributed by atoms with Crippen molar-refractivity contribution in [2.24, 2.45) is 17.6 Å². The number of nitrogens with two attached hydrogens (primary N) is 1. The highest BCUT2D eigenvalue weighted by atomic mass is 15.3. The molecule has 3 rings (SSSR count). The lowest BCUT2D eigenvalue weighted by molar-refractivity contribution is -0.0345. The van der Waals surface area contributed by atoms with E-state index in [1.807, 2.05) is 0 Å². The zero-order chi connectivity index (χ0) is 14.9. The van der Waals surface area contributed by atoms with Crippen LogP contribution in [0.4, 0.5) is 0 Å². The van der Waals surface area contributed by atoms with Crippen LogP contribution in [-0.2, 0) is 0 Å². The van der Waals surface area contributed by atoms with E-state index in [-0.39, 0.29) is 0 Å². The Morgan fingerprint density at radius 3 is 2.48 bits per heavy atom. The standard InChI is InChI=1S/C18H35N3/c1-15(2)16-6-8-18(14-19,9-7-16)21-12-11-20-10-4-3-5-17(20)13-21/h15-17H,3-14,19H2,1-2H3. The third-order valence-electron chi connectivity index (χ3n) is 6.79. The van der Waals surface area contributed by atoms with Gasteiger partial charge >= 0.3 is 0 Å². The van der Waals surface area contributed by atoms with Crippen molar-refractivity contribution in [2.75, 3.05) is 32.7 Å². The minimum Gasteiger partial charge on any atom is -0.329 e. The van der Waals surface area contributed by atoms with E-state index < -0.39 is 0 Å². The molecule has 0 radical (unpaired) electrons. The highest BCUT2D eigenvalue weighted by Crippen LogP contribution is 2.40. The lowest BCUT2D eigenvalue weighted by Crippen LogP contribution is -2.64. The second kappa shape index (κ2) is 6.55. The molecule has 1 atom stereocenters. The maximum absolute atomic E-state index is 6.30. The van der Waals surface area contributed by atoms with Gasteiger partial charge in [-0.15, -0.1) is 0 Å². The predicted molar refractivity (Wildman–Crippen MR) is 89.4 cm³/mol. The van der Waals surface area contributed by atoms with E-state index in [2.05, 4.69) is 23.6 Å². The topological polar surface area (TPSA) is 32.5 Å². The molecule has 2 aliphatic heterocycles. The zero-order valence-electron chi connectivity index (χ0n) is 14.2. The Labute approximate surface area is 131 Å². The van der Waals surface area contributed by atoms with Gasteiger partial charge < -0.3 is 5.73 Å². The molecule has 0 aromatic carbocycles. The summed E-state index contributed by atoms with van der Waals surface area (Å²) in [6.45, 7) is 10.8. The van der Waals surface area contributed by atoms with Crippen LogP contribution in [0, 0.1) is 11.8 Å². The van der Waals surface area contributed by atoms with Gasteiger partial charge in [-0.25, -0.2) is 0 Å². The maximum atomic E-state index is 6.30. The minimum atomic E-state index is 0.328. The van der Waals surface area contributed by atoms with Gasteiger partial charge in [0.05, 0.1) is 0 Å². The first-order valence-corrected chi connectivity index (χ1v) is 9.34. The molecule has 3 aliphatic rings. The molecule has 0 spiro atoms. The zero-order valence-corrected chi connectivity index (χ0v) is 14.2. The average molecular weight is 293 g/mol. The first kappa shape index (κ1) is 15.8. The SMILES string of the molecule is CC(C)C1CCC(CN)(N2CCN3CCCCC3C2)CC1. The van der Waals surface area contributed by atoms with Gasteiger partial charge in [0.2, 0.25) is 0 Å². The van der Waals surface area contributed by atoms with E-state index in [1.165, 1.54) is 71.1 Å². The molecule has 0 aromatic heterocycles. The monoisotopic (exact) mass is 293 g/mol. The summed E-state index contributed by atoms with van der Waals surface area (Å²) >= 11 is 0. The highest BCUT2D eigenvalue weighted by Gasteiger charge is 2.43. The molecular weight excluding hydrogens is 258 g/mol. The molecule has 1 unspecified atom stereocenters. The molecule has 2 heterocycles. The number of piperidine rings is 1. The third kappa shape index (κ3) is 3.16. The molecule has 3 fully saturated rings. The third-order valence-corrected chi connectivity index (χ3v) is 6.79. The normalized spacial score (nSPS) is 39.4. The lowest BCUT2D eigenvalue weighted by Gasteiger charge is -2.54. The van der Waals surface area contributed by atoms with Crippen molar-refractivity contribution in [3.8, 4) is 0 Å². The smallest absolute Gasteiger partial charge is 0.0333 e. The second-order valence-electron chi connectivity index (χ2n) is 8.14. The summed E-state index contributed by atoms with van der Waals surface area (Å²) in [5, 5.41) is 0. The number of rotatable bonds is 3. The average Bonchev–Trinajstić information content (AvgIpc) is 2.54. The van der Waals surface area contributed by atoms with Gasteiger partial charge in [0.25, 0.3) is 0 Å². The quantitative estimate of drug-likeness (QED) is 0.868. The van der Waals surface area contributed by atoms with Crippen LogP contribution in [0.5, 0.6) is 0 Å². The fraction of sp³-hybridized carbons (Fsp3) is 1.00. The Hall–Kier alpha value is -0.120. The molecule has 0 bridgehead atoms. The molecule has 3 nitrogen and oxygen atoms in total. The van der Waals surface area contributed by atoms with Crippen molar-refractivity contribution < 1.29 is 0 Å². The summed E-state index contributed by atoms with van der Waals surface area (Å²) in [7, 11) is 0. The van der Waals surface area contributed by atoms with Crippen LogP contribution in [0.2, 0.25) is 0 Å². The number of hydrogen-bond acceptors (Lipinski definition) is 3. The van der Waals surface area contributed by atoms with E-state index in [9.17, 15) is 0 Å². The van der Waals surface area contributed by atoms with Crippen molar-refractivity contribution >= 4 is 0 Å². The molecule has 1 saturated carbocycles. The molecular formula is C18H35N3. The first-order chi connectivity index (χ1) is 10.1. The van der Waals surface area contributed by atoms with Crippen molar-refractivity contribution in [1.29, 1.82) is 0 Å². The fourth-order valence-electron chi connectivity index (χ4n) is 5.08. The Bertz CT molecular complexity index is 333. The number of nitrogens with zero attached hydrogens (tertiary/aromatic N) is 2. The summed E-state index contributed by atoms with van der Waals surface area (Å²) < 4.78 is 0. The second-order valence-corrected chi connectivity index (χ2v) is 8.14. The van der Waals surface area contributed by atoms with Crippen molar-refractivity contribution in [1.82, 2.24) is 9.80 Å².